The highest BCUT2D eigenvalue weighted by Gasteiger charge is 2.29. The van der Waals surface area contributed by atoms with Crippen LogP contribution in [0.15, 0.2) is 12.2 Å². The maximum absolute atomic E-state index is 10.9. The van der Waals surface area contributed by atoms with Crippen molar-refractivity contribution in [2.75, 3.05) is 6.61 Å². The van der Waals surface area contributed by atoms with E-state index in [0.717, 1.165) is 12.8 Å². The summed E-state index contributed by atoms with van der Waals surface area (Å²) in [6.07, 6.45) is 5.64. The number of allylic oxidation sites excluding steroid dienone is 1. The van der Waals surface area contributed by atoms with E-state index in [-0.39, 0.29) is 12.1 Å². The van der Waals surface area contributed by atoms with Crippen molar-refractivity contribution in [1.29, 1.82) is 0 Å². The number of carbonyl (C=O) groups excluding carboxylic acids is 1. The zero-order valence-corrected chi connectivity index (χ0v) is 8.16. The van der Waals surface area contributed by atoms with Gasteiger partial charge in [0.2, 0.25) is 0 Å². The average Bonchev–Trinajstić information content (AvgIpc) is 2.02. The minimum Gasteiger partial charge on any atom is -0.460 e. The first kappa shape index (κ1) is 10.3. The van der Waals surface area contributed by atoms with Crippen LogP contribution >= 0.6 is 0 Å². The van der Waals surface area contributed by atoms with Crippen LogP contribution < -0.4 is 0 Å². The summed E-state index contributed by atoms with van der Waals surface area (Å²) in [6, 6.07) is 0. The summed E-state index contributed by atoms with van der Waals surface area (Å²) >= 11 is 0. The van der Waals surface area contributed by atoms with Crippen LogP contribution in [0.4, 0.5) is 0 Å². The Kier molecular flexibility index (Phi) is 3.96. The Labute approximate surface area is 78.7 Å². The molecule has 0 radical (unpaired) electrons. The molecule has 74 valence electrons. The second-order valence-electron chi connectivity index (χ2n) is 3.15. The van der Waals surface area contributed by atoms with Gasteiger partial charge in [0.15, 0.2) is 0 Å². The lowest BCUT2D eigenvalue weighted by molar-refractivity contribution is -0.166. The number of hydrogen-bond donors (Lipinski definition) is 0. The molecule has 1 heterocycles. The smallest absolute Gasteiger partial charge is 0.330 e. The molecule has 1 aliphatic rings. The largest absolute Gasteiger partial charge is 0.460 e. The van der Waals surface area contributed by atoms with Gasteiger partial charge in [-0.05, 0) is 13.3 Å². The number of ether oxygens (including phenoxy) is 2. The quantitative estimate of drug-likeness (QED) is 0.492. The third-order valence-electron chi connectivity index (χ3n) is 2.08. The molecule has 0 saturated carbocycles. The molecule has 2 atom stereocenters. The normalized spacial score (nSPS) is 27.2. The number of rotatable bonds is 4. The predicted octanol–water partition coefficient (Wildman–Crippen LogP) is 1.67. The van der Waals surface area contributed by atoms with Crippen molar-refractivity contribution in [3.8, 4) is 0 Å². The van der Waals surface area contributed by atoms with Crippen LogP contribution in [-0.2, 0) is 14.3 Å². The van der Waals surface area contributed by atoms with Crippen LogP contribution in [0.3, 0.4) is 0 Å². The molecule has 0 spiro atoms. The standard InChI is InChI=1S/C10H16O3/c1-3-5-10(11)12-7-9-6-8(4-2)13-9/h3,5,8-9H,4,6-7H2,1-2H3. The van der Waals surface area contributed by atoms with Gasteiger partial charge in [-0.25, -0.2) is 4.79 Å². The van der Waals surface area contributed by atoms with E-state index in [1.165, 1.54) is 6.08 Å². The highest BCUT2D eigenvalue weighted by molar-refractivity contribution is 5.81. The second-order valence-corrected chi connectivity index (χ2v) is 3.15. The van der Waals surface area contributed by atoms with Crippen molar-refractivity contribution in [3.05, 3.63) is 12.2 Å². The minimum atomic E-state index is -0.286. The molecule has 3 heteroatoms. The summed E-state index contributed by atoms with van der Waals surface area (Å²) in [5, 5.41) is 0. The van der Waals surface area contributed by atoms with E-state index < -0.39 is 0 Å². The molecule has 3 nitrogen and oxygen atoms in total. The fourth-order valence-corrected chi connectivity index (χ4v) is 1.28. The number of esters is 1. The molecule has 0 aromatic rings. The highest BCUT2D eigenvalue weighted by atomic mass is 16.6. The molecule has 0 aliphatic carbocycles. The van der Waals surface area contributed by atoms with Crippen LogP contribution in [0.25, 0.3) is 0 Å². The lowest BCUT2D eigenvalue weighted by Gasteiger charge is -2.34. The fraction of sp³-hybridized carbons (Fsp3) is 0.700. The molecule has 1 rings (SSSR count). The van der Waals surface area contributed by atoms with Crippen molar-refractivity contribution in [2.45, 2.75) is 38.9 Å². The molecule has 0 N–H and O–H groups in total. The minimum absolute atomic E-state index is 0.124. The lowest BCUT2D eigenvalue weighted by Crippen LogP contribution is -2.40. The van der Waals surface area contributed by atoms with E-state index in [0.29, 0.717) is 12.7 Å². The van der Waals surface area contributed by atoms with Gasteiger partial charge >= 0.3 is 5.97 Å². The molecule has 2 unspecified atom stereocenters. The Balaban J connectivity index is 2.05. The van der Waals surface area contributed by atoms with Gasteiger partial charge in [-0.1, -0.05) is 13.0 Å². The number of hydrogen-bond acceptors (Lipinski definition) is 3. The summed E-state index contributed by atoms with van der Waals surface area (Å²) in [4.78, 5) is 10.9. The van der Waals surface area contributed by atoms with Gasteiger partial charge in [-0.15, -0.1) is 0 Å². The van der Waals surface area contributed by atoms with Gasteiger partial charge in [-0.2, -0.15) is 0 Å². The summed E-state index contributed by atoms with van der Waals surface area (Å²) in [5.41, 5.74) is 0. The number of carbonyl (C=O) groups is 1. The fourth-order valence-electron chi connectivity index (χ4n) is 1.28. The zero-order valence-electron chi connectivity index (χ0n) is 8.16. The maximum atomic E-state index is 10.9. The highest BCUT2D eigenvalue weighted by Crippen LogP contribution is 2.22. The van der Waals surface area contributed by atoms with Gasteiger partial charge in [-0.3, -0.25) is 0 Å². The molecule has 0 aromatic carbocycles. The van der Waals surface area contributed by atoms with Gasteiger partial charge in [0.05, 0.1) is 12.2 Å². The molecular formula is C10H16O3. The Morgan fingerprint density at radius 2 is 2.31 bits per heavy atom. The van der Waals surface area contributed by atoms with Gasteiger partial charge in [0.25, 0.3) is 0 Å². The first-order valence-corrected chi connectivity index (χ1v) is 4.71. The Morgan fingerprint density at radius 1 is 1.62 bits per heavy atom. The van der Waals surface area contributed by atoms with Crippen LogP contribution in [0.5, 0.6) is 0 Å². The third kappa shape index (κ3) is 3.19. The van der Waals surface area contributed by atoms with Crippen molar-refractivity contribution < 1.29 is 14.3 Å². The van der Waals surface area contributed by atoms with Crippen LogP contribution in [-0.4, -0.2) is 24.8 Å². The first-order valence-electron chi connectivity index (χ1n) is 4.71. The van der Waals surface area contributed by atoms with Gasteiger partial charge in [0, 0.05) is 12.5 Å². The predicted molar refractivity (Wildman–Crippen MR) is 49.3 cm³/mol. The molecule has 1 saturated heterocycles. The van der Waals surface area contributed by atoms with Crippen LogP contribution in [0.2, 0.25) is 0 Å². The molecule has 0 bridgehead atoms. The van der Waals surface area contributed by atoms with E-state index in [4.69, 9.17) is 9.47 Å². The van der Waals surface area contributed by atoms with E-state index >= 15 is 0 Å². The van der Waals surface area contributed by atoms with Gasteiger partial charge in [0.1, 0.15) is 6.61 Å². The molecule has 1 aliphatic heterocycles. The monoisotopic (exact) mass is 184 g/mol. The Hall–Kier alpha value is -0.830. The molecular weight excluding hydrogens is 168 g/mol. The summed E-state index contributed by atoms with van der Waals surface area (Å²) in [5.74, 6) is -0.286. The molecule has 13 heavy (non-hydrogen) atoms. The summed E-state index contributed by atoms with van der Waals surface area (Å²) < 4.78 is 10.3. The molecule has 0 aromatic heterocycles. The van der Waals surface area contributed by atoms with Crippen LogP contribution in [0, 0.1) is 0 Å². The Bertz CT molecular complexity index is 192. The first-order chi connectivity index (χ1) is 6.26. The Morgan fingerprint density at radius 3 is 2.85 bits per heavy atom. The SMILES string of the molecule is CC=CC(=O)OCC1CC(CC)O1. The average molecular weight is 184 g/mol. The lowest BCUT2D eigenvalue weighted by atomic mass is 10.0. The van der Waals surface area contributed by atoms with Crippen molar-refractivity contribution in [2.24, 2.45) is 0 Å². The maximum Gasteiger partial charge on any atom is 0.330 e. The second kappa shape index (κ2) is 5.02. The topological polar surface area (TPSA) is 35.5 Å². The van der Waals surface area contributed by atoms with E-state index in [1.807, 2.05) is 0 Å². The zero-order chi connectivity index (χ0) is 9.68. The van der Waals surface area contributed by atoms with E-state index in [9.17, 15) is 4.79 Å². The van der Waals surface area contributed by atoms with E-state index in [2.05, 4.69) is 6.92 Å². The summed E-state index contributed by atoms with van der Waals surface area (Å²) in [6.45, 7) is 4.26. The van der Waals surface area contributed by atoms with Crippen LogP contribution in [0.1, 0.15) is 26.7 Å². The van der Waals surface area contributed by atoms with Crippen molar-refractivity contribution >= 4 is 5.97 Å². The third-order valence-corrected chi connectivity index (χ3v) is 2.08. The van der Waals surface area contributed by atoms with Crippen molar-refractivity contribution in [1.82, 2.24) is 0 Å². The summed E-state index contributed by atoms with van der Waals surface area (Å²) in [7, 11) is 0. The molecule has 0 amide bonds. The van der Waals surface area contributed by atoms with Crippen molar-refractivity contribution in [3.63, 3.8) is 0 Å². The molecule has 1 fully saturated rings. The van der Waals surface area contributed by atoms with E-state index in [1.54, 1.807) is 13.0 Å². The van der Waals surface area contributed by atoms with Gasteiger partial charge < -0.3 is 9.47 Å².